The molecule has 2 rings (SSSR count). The molecule has 1 fully saturated rings. The van der Waals surface area contributed by atoms with Crippen LogP contribution in [-0.4, -0.2) is 26.0 Å². The minimum Gasteiger partial charge on any atom is -0.481 e. The quantitative estimate of drug-likeness (QED) is 0.728. The Hall–Kier alpha value is -1.60. The van der Waals surface area contributed by atoms with Gasteiger partial charge in [0.2, 0.25) is 0 Å². The fraction of sp³-hybridized carbons (Fsp3) is 0.417. The van der Waals surface area contributed by atoms with Crippen molar-refractivity contribution in [3.63, 3.8) is 0 Å². The van der Waals surface area contributed by atoms with E-state index in [9.17, 15) is 13.2 Å². The molecule has 0 bridgehead atoms. The fourth-order valence-corrected chi connectivity index (χ4v) is 2.89. The summed E-state index contributed by atoms with van der Waals surface area (Å²) in [4.78, 5) is 11.2. The van der Waals surface area contributed by atoms with Gasteiger partial charge >= 0.3 is 5.97 Å². The molecule has 1 aliphatic carbocycles. The molecule has 1 aromatic carbocycles. The molecule has 0 unspecified atom stereocenters. The van der Waals surface area contributed by atoms with E-state index in [0.29, 0.717) is 30.6 Å². The lowest BCUT2D eigenvalue weighted by Gasteiger charge is -2.12. The summed E-state index contributed by atoms with van der Waals surface area (Å²) < 4.78 is 27.6. The third-order valence-electron chi connectivity index (χ3n) is 3.18. The van der Waals surface area contributed by atoms with Gasteiger partial charge in [0.25, 0.3) is 10.2 Å². The van der Waals surface area contributed by atoms with Gasteiger partial charge in [0.1, 0.15) is 0 Å². The Morgan fingerprint density at radius 3 is 2.32 bits per heavy atom. The molecular weight excluding hydrogens is 268 g/mol. The van der Waals surface area contributed by atoms with Gasteiger partial charge in [-0.1, -0.05) is 19.1 Å². The van der Waals surface area contributed by atoms with Crippen molar-refractivity contribution in [2.75, 3.05) is 11.3 Å². The predicted molar refractivity (Wildman–Crippen MR) is 71.2 cm³/mol. The largest absolute Gasteiger partial charge is 0.481 e. The van der Waals surface area contributed by atoms with Crippen molar-refractivity contribution in [1.29, 1.82) is 0 Å². The van der Waals surface area contributed by atoms with Crippen LogP contribution >= 0.6 is 0 Å². The first-order valence-corrected chi connectivity index (χ1v) is 7.49. The third kappa shape index (κ3) is 2.87. The second kappa shape index (κ2) is 4.82. The first-order chi connectivity index (χ1) is 8.89. The zero-order valence-corrected chi connectivity index (χ0v) is 11.3. The molecule has 0 amide bonds. The van der Waals surface area contributed by atoms with Crippen molar-refractivity contribution in [3.8, 4) is 0 Å². The van der Waals surface area contributed by atoms with Crippen molar-refractivity contribution in [1.82, 2.24) is 4.72 Å². The Balaban J connectivity index is 2.14. The summed E-state index contributed by atoms with van der Waals surface area (Å²) in [6.07, 6.45) is 1.26. The molecular formula is C12H16N2O4S. The standard InChI is InChI=1S/C12H16N2O4S/c1-2-13-19(17,18)14-10-5-3-9(4-6-10)12(7-8-12)11(15)16/h3-6,13-14H,2,7-8H2,1H3,(H,15,16). The number of benzene rings is 1. The highest BCUT2D eigenvalue weighted by atomic mass is 32.2. The highest BCUT2D eigenvalue weighted by Crippen LogP contribution is 2.48. The van der Waals surface area contributed by atoms with Crippen LogP contribution in [-0.2, 0) is 20.4 Å². The highest BCUT2D eigenvalue weighted by Gasteiger charge is 2.51. The molecule has 104 valence electrons. The highest BCUT2D eigenvalue weighted by molar-refractivity contribution is 7.90. The van der Waals surface area contributed by atoms with E-state index >= 15 is 0 Å². The van der Waals surface area contributed by atoms with Crippen molar-refractivity contribution in [3.05, 3.63) is 29.8 Å². The van der Waals surface area contributed by atoms with Crippen LogP contribution in [0, 0.1) is 0 Å². The maximum atomic E-state index is 11.5. The molecule has 3 N–H and O–H groups in total. The van der Waals surface area contributed by atoms with Crippen LogP contribution < -0.4 is 9.44 Å². The normalized spacial score (nSPS) is 16.9. The second-order valence-electron chi connectivity index (χ2n) is 4.57. The van der Waals surface area contributed by atoms with Crippen LogP contribution in [0.15, 0.2) is 24.3 Å². The first kappa shape index (κ1) is 13.8. The lowest BCUT2D eigenvalue weighted by molar-refractivity contribution is -0.140. The van der Waals surface area contributed by atoms with Gasteiger partial charge in [-0.2, -0.15) is 13.1 Å². The smallest absolute Gasteiger partial charge is 0.314 e. The molecule has 1 aliphatic rings. The van der Waals surface area contributed by atoms with Crippen LogP contribution in [0.3, 0.4) is 0 Å². The molecule has 0 atom stereocenters. The van der Waals surface area contributed by atoms with Crippen LogP contribution in [0.25, 0.3) is 0 Å². The van der Waals surface area contributed by atoms with Gasteiger partial charge in [-0.25, -0.2) is 0 Å². The Labute approximate surface area is 112 Å². The Kier molecular flexibility index (Phi) is 3.51. The summed E-state index contributed by atoms with van der Waals surface area (Å²) in [6, 6.07) is 6.47. The molecule has 0 aromatic heterocycles. The van der Waals surface area contributed by atoms with E-state index in [0.717, 1.165) is 0 Å². The van der Waals surface area contributed by atoms with E-state index in [1.807, 2.05) is 0 Å². The lowest BCUT2D eigenvalue weighted by atomic mass is 9.96. The van der Waals surface area contributed by atoms with Gasteiger partial charge in [-0.05, 0) is 30.5 Å². The second-order valence-corrected chi connectivity index (χ2v) is 6.07. The van der Waals surface area contributed by atoms with Crippen molar-refractivity contribution in [2.45, 2.75) is 25.2 Å². The average Bonchev–Trinajstić information content (AvgIpc) is 3.10. The molecule has 6 nitrogen and oxygen atoms in total. The maximum absolute atomic E-state index is 11.5. The number of carboxylic acids is 1. The number of hydrogen-bond donors (Lipinski definition) is 3. The fourth-order valence-electron chi connectivity index (χ4n) is 1.99. The number of anilines is 1. The van der Waals surface area contributed by atoms with Gasteiger partial charge in [0.05, 0.1) is 5.41 Å². The molecule has 0 spiro atoms. The van der Waals surface area contributed by atoms with E-state index in [1.165, 1.54) is 0 Å². The molecule has 0 radical (unpaired) electrons. The number of carboxylic acid groups (broad SMARTS) is 1. The Morgan fingerprint density at radius 1 is 1.32 bits per heavy atom. The molecule has 1 aromatic rings. The minimum absolute atomic E-state index is 0.301. The van der Waals surface area contributed by atoms with Gasteiger partial charge in [-0.3, -0.25) is 9.52 Å². The lowest BCUT2D eigenvalue weighted by Crippen LogP contribution is -2.29. The van der Waals surface area contributed by atoms with E-state index < -0.39 is 21.6 Å². The Morgan fingerprint density at radius 2 is 1.89 bits per heavy atom. The number of nitrogens with one attached hydrogen (secondary N) is 2. The van der Waals surface area contributed by atoms with E-state index in [2.05, 4.69) is 9.44 Å². The van der Waals surface area contributed by atoms with Crippen LogP contribution in [0.2, 0.25) is 0 Å². The third-order valence-corrected chi connectivity index (χ3v) is 4.36. The molecule has 1 saturated carbocycles. The molecule has 19 heavy (non-hydrogen) atoms. The van der Waals surface area contributed by atoms with Crippen LogP contribution in [0.4, 0.5) is 5.69 Å². The SMILES string of the molecule is CCNS(=O)(=O)Nc1ccc(C2(C(=O)O)CC2)cc1. The monoisotopic (exact) mass is 284 g/mol. The van der Waals surface area contributed by atoms with Gasteiger partial charge in [0, 0.05) is 12.2 Å². The topological polar surface area (TPSA) is 95.5 Å². The molecule has 7 heteroatoms. The number of rotatable bonds is 6. The summed E-state index contributed by atoms with van der Waals surface area (Å²) in [5.74, 6) is -0.825. The molecule has 0 heterocycles. The number of aliphatic carboxylic acids is 1. The van der Waals surface area contributed by atoms with Crippen molar-refractivity contribution in [2.24, 2.45) is 0 Å². The van der Waals surface area contributed by atoms with Crippen LogP contribution in [0.1, 0.15) is 25.3 Å². The van der Waals surface area contributed by atoms with E-state index in [4.69, 9.17) is 5.11 Å². The summed E-state index contributed by atoms with van der Waals surface area (Å²) in [6.45, 7) is 1.99. The predicted octanol–water partition coefficient (Wildman–Crippen LogP) is 1.07. The van der Waals surface area contributed by atoms with Gasteiger partial charge in [0.15, 0.2) is 0 Å². The Bertz CT molecular complexity index is 576. The molecule has 0 saturated heterocycles. The zero-order valence-electron chi connectivity index (χ0n) is 10.5. The van der Waals surface area contributed by atoms with E-state index in [-0.39, 0.29) is 0 Å². The van der Waals surface area contributed by atoms with Crippen molar-refractivity contribution < 1.29 is 18.3 Å². The van der Waals surface area contributed by atoms with Crippen molar-refractivity contribution >= 4 is 21.9 Å². The maximum Gasteiger partial charge on any atom is 0.314 e. The summed E-state index contributed by atoms with van der Waals surface area (Å²) >= 11 is 0. The number of carbonyl (C=O) groups is 1. The first-order valence-electron chi connectivity index (χ1n) is 6.01. The van der Waals surface area contributed by atoms with Crippen LogP contribution in [0.5, 0.6) is 0 Å². The summed E-state index contributed by atoms with van der Waals surface area (Å²) in [5, 5.41) is 9.16. The summed E-state index contributed by atoms with van der Waals surface area (Å²) in [7, 11) is -3.55. The number of hydrogen-bond acceptors (Lipinski definition) is 3. The minimum atomic E-state index is -3.55. The van der Waals surface area contributed by atoms with Gasteiger partial charge in [-0.15, -0.1) is 0 Å². The van der Waals surface area contributed by atoms with Gasteiger partial charge < -0.3 is 5.11 Å². The van der Waals surface area contributed by atoms with E-state index in [1.54, 1.807) is 31.2 Å². The summed E-state index contributed by atoms with van der Waals surface area (Å²) in [5.41, 5.74) is 0.358. The molecule has 0 aliphatic heterocycles. The average molecular weight is 284 g/mol. The zero-order chi connectivity index (χ0) is 14.1.